The molecule has 0 radical (unpaired) electrons. The van der Waals surface area contributed by atoms with E-state index in [0.29, 0.717) is 17.0 Å². The van der Waals surface area contributed by atoms with Gasteiger partial charge >= 0.3 is 5.97 Å². The SMILES string of the molecule is CO/N=C(\C)C1C(=O)N(C)N=C1c1ccc(C(=O)OC)cc1. The van der Waals surface area contributed by atoms with Crippen molar-refractivity contribution in [1.82, 2.24) is 5.01 Å². The molecule has 0 N–H and O–H groups in total. The van der Waals surface area contributed by atoms with Gasteiger partial charge in [-0.3, -0.25) is 4.79 Å². The summed E-state index contributed by atoms with van der Waals surface area (Å²) >= 11 is 0. The molecular formula is C15H17N3O4. The number of oxime groups is 1. The maximum atomic E-state index is 12.2. The molecule has 0 aromatic heterocycles. The number of carbonyl (C=O) groups is 2. The van der Waals surface area contributed by atoms with Crippen LogP contribution in [0.4, 0.5) is 0 Å². The van der Waals surface area contributed by atoms with Crippen molar-refractivity contribution in [2.24, 2.45) is 16.2 Å². The molecule has 1 heterocycles. The number of rotatable bonds is 4. The molecule has 1 aromatic carbocycles. The van der Waals surface area contributed by atoms with Crippen LogP contribution in [0.2, 0.25) is 0 Å². The number of ether oxygens (including phenoxy) is 1. The summed E-state index contributed by atoms with van der Waals surface area (Å²) < 4.78 is 4.66. The van der Waals surface area contributed by atoms with Crippen molar-refractivity contribution in [1.29, 1.82) is 0 Å². The van der Waals surface area contributed by atoms with Crippen LogP contribution in [-0.4, -0.2) is 49.6 Å². The van der Waals surface area contributed by atoms with Crippen molar-refractivity contribution < 1.29 is 19.2 Å². The first-order chi connectivity index (χ1) is 10.5. The van der Waals surface area contributed by atoms with E-state index in [0.717, 1.165) is 5.56 Å². The van der Waals surface area contributed by atoms with Crippen molar-refractivity contribution >= 4 is 23.3 Å². The van der Waals surface area contributed by atoms with Gasteiger partial charge in [0, 0.05) is 7.05 Å². The van der Waals surface area contributed by atoms with E-state index in [1.54, 1.807) is 38.2 Å². The number of esters is 1. The maximum absolute atomic E-state index is 12.2. The van der Waals surface area contributed by atoms with E-state index in [-0.39, 0.29) is 5.91 Å². The summed E-state index contributed by atoms with van der Waals surface area (Å²) in [6.45, 7) is 1.71. The molecular weight excluding hydrogens is 286 g/mol. The van der Waals surface area contributed by atoms with Gasteiger partial charge in [0.1, 0.15) is 13.0 Å². The summed E-state index contributed by atoms with van der Waals surface area (Å²) in [6.07, 6.45) is 0. The molecule has 1 unspecified atom stereocenters. The molecule has 0 bridgehead atoms. The monoisotopic (exact) mass is 303 g/mol. The van der Waals surface area contributed by atoms with E-state index in [4.69, 9.17) is 4.84 Å². The number of hydrazone groups is 1. The average molecular weight is 303 g/mol. The fourth-order valence-electron chi connectivity index (χ4n) is 2.26. The van der Waals surface area contributed by atoms with E-state index in [9.17, 15) is 9.59 Å². The molecule has 0 saturated carbocycles. The van der Waals surface area contributed by atoms with Gasteiger partial charge in [0.2, 0.25) is 0 Å². The molecule has 7 heteroatoms. The molecule has 116 valence electrons. The lowest BCUT2D eigenvalue weighted by Crippen LogP contribution is -2.31. The van der Waals surface area contributed by atoms with Gasteiger partial charge in [-0.1, -0.05) is 17.3 Å². The molecule has 22 heavy (non-hydrogen) atoms. The zero-order valence-corrected chi connectivity index (χ0v) is 12.9. The fraction of sp³-hybridized carbons (Fsp3) is 0.333. The van der Waals surface area contributed by atoms with Gasteiger partial charge in [0.05, 0.1) is 24.1 Å². The van der Waals surface area contributed by atoms with Crippen LogP contribution in [0, 0.1) is 5.92 Å². The maximum Gasteiger partial charge on any atom is 0.337 e. The van der Waals surface area contributed by atoms with Crippen molar-refractivity contribution in [2.75, 3.05) is 21.3 Å². The highest BCUT2D eigenvalue weighted by Crippen LogP contribution is 2.22. The molecule has 0 fully saturated rings. The normalized spacial score (nSPS) is 18.3. The lowest BCUT2D eigenvalue weighted by molar-refractivity contribution is -0.128. The third-order valence-corrected chi connectivity index (χ3v) is 3.35. The lowest BCUT2D eigenvalue weighted by atomic mass is 9.92. The first-order valence-electron chi connectivity index (χ1n) is 6.62. The van der Waals surface area contributed by atoms with Crippen molar-refractivity contribution in [2.45, 2.75) is 6.92 Å². The second-order valence-electron chi connectivity index (χ2n) is 4.76. The minimum Gasteiger partial charge on any atom is -0.465 e. The van der Waals surface area contributed by atoms with Crippen molar-refractivity contribution in [3.8, 4) is 0 Å². The van der Waals surface area contributed by atoms with Crippen LogP contribution < -0.4 is 0 Å². The largest absolute Gasteiger partial charge is 0.465 e. The molecule has 1 aromatic rings. The quantitative estimate of drug-likeness (QED) is 0.477. The highest BCUT2D eigenvalue weighted by molar-refractivity contribution is 6.28. The van der Waals surface area contributed by atoms with E-state index < -0.39 is 11.9 Å². The van der Waals surface area contributed by atoms with Crippen LogP contribution in [-0.2, 0) is 14.4 Å². The van der Waals surface area contributed by atoms with Crippen LogP contribution in [0.5, 0.6) is 0 Å². The Hall–Kier alpha value is -2.70. The summed E-state index contributed by atoms with van der Waals surface area (Å²) in [4.78, 5) is 28.4. The number of nitrogens with zero attached hydrogens (tertiary/aromatic N) is 3. The number of carbonyl (C=O) groups excluding carboxylic acids is 2. The fourth-order valence-corrected chi connectivity index (χ4v) is 2.26. The van der Waals surface area contributed by atoms with Crippen molar-refractivity contribution in [3.63, 3.8) is 0 Å². The van der Waals surface area contributed by atoms with Crippen LogP contribution in [0.3, 0.4) is 0 Å². The minimum atomic E-state index is -0.589. The highest BCUT2D eigenvalue weighted by Gasteiger charge is 2.37. The molecule has 1 amide bonds. The van der Waals surface area contributed by atoms with Gasteiger partial charge in [0.15, 0.2) is 0 Å². The Morgan fingerprint density at radius 3 is 2.45 bits per heavy atom. The number of amides is 1. The molecule has 0 spiro atoms. The lowest BCUT2D eigenvalue weighted by Gasteiger charge is -2.11. The molecule has 1 atom stereocenters. The number of hydrogen-bond acceptors (Lipinski definition) is 6. The third kappa shape index (κ3) is 2.83. The average Bonchev–Trinajstić information content (AvgIpc) is 2.82. The number of methoxy groups -OCH3 is 1. The van der Waals surface area contributed by atoms with Crippen LogP contribution >= 0.6 is 0 Å². The topological polar surface area (TPSA) is 80.6 Å². The van der Waals surface area contributed by atoms with Crippen molar-refractivity contribution in [3.05, 3.63) is 35.4 Å². The first kappa shape index (κ1) is 15.7. The zero-order valence-electron chi connectivity index (χ0n) is 12.9. The summed E-state index contributed by atoms with van der Waals surface area (Å²) in [5, 5.41) is 9.39. The predicted octanol–water partition coefficient (Wildman–Crippen LogP) is 1.29. The summed E-state index contributed by atoms with van der Waals surface area (Å²) in [6, 6.07) is 6.72. The standard InChI is InChI=1S/C15H17N3O4/c1-9(17-22-4)12-13(16-18(2)14(12)19)10-5-7-11(8-6-10)15(20)21-3/h5-8,12H,1-4H3/b17-9+. The van der Waals surface area contributed by atoms with Crippen LogP contribution in [0.25, 0.3) is 0 Å². The van der Waals surface area contributed by atoms with Gasteiger partial charge in [-0.15, -0.1) is 0 Å². The summed E-state index contributed by atoms with van der Waals surface area (Å²) in [5.74, 6) is -1.18. The highest BCUT2D eigenvalue weighted by atomic mass is 16.6. The molecule has 7 nitrogen and oxygen atoms in total. The van der Waals surface area contributed by atoms with Gasteiger partial charge in [-0.2, -0.15) is 5.10 Å². The Morgan fingerprint density at radius 1 is 1.27 bits per heavy atom. The second kappa shape index (κ2) is 6.38. The predicted molar refractivity (Wildman–Crippen MR) is 80.7 cm³/mol. The number of hydrogen-bond donors (Lipinski definition) is 0. The molecule has 0 aliphatic carbocycles. The van der Waals surface area contributed by atoms with Gasteiger partial charge in [0.25, 0.3) is 5.91 Å². The van der Waals surface area contributed by atoms with Gasteiger partial charge < -0.3 is 9.57 Å². The third-order valence-electron chi connectivity index (χ3n) is 3.35. The smallest absolute Gasteiger partial charge is 0.337 e. The van der Waals surface area contributed by atoms with E-state index in [1.807, 2.05) is 0 Å². The molecule has 2 rings (SSSR count). The molecule has 0 saturated heterocycles. The summed E-state index contributed by atoms with van der Waals surface area (Å²) in [7, 11) is 4.34. The Labute approximate surface area is 128 Å². The zero-order chi connectivity index (χ0) is 16.3. The summed E-state index contributed by atoms with van der Waals surface area (Å²) in [5.41, 5.74) is 2.26. The van der Waals surface area contributed by atoms with E-state index in [1.165, 1.54) is 19.2 Å². The molecule has 1 aliphatic rings. The Balaban J connectivity index is 2.37. The van der Waals surface area contributed by atoms with Crippen LogP contribution in [0.1, 0.15) is 22.8 Å². The van der Waals surface area contributed by atoms with Gasteiger partial charge in [-0.25, -0.2) is 9.80 Å². The Morgan fingerprint density at radius 2 is 1.91 bits per heavy atom. The molecule has 1 aliphatic heterocycles. The van der Waals surface area contributed by atoms with E-state index in [2.05, 4.69) is 15.0 Å². The number of benzene rings is 1. The first-order valence-corrected chi connectivity index (χ1v) is 6.62. The minimum absolute atomic E-state index is 0.176. The van der Waals surface area contributed by atoms with Crippen LogP contribution in [0.15, 0.2) is 34.5 Å². The Kier molecular flexibility index (Phi) is 4.55. The van der Waals surface area contributed by atoms with E-state index >= 15 is 0 Å². The van der Waals surface area contributed by atoms with Gasteiger partial charge in [-0.05, 0) is 24.6 Å². The Bertz CT molecular complexity index is 649. The second-order valence-corrected chi connectivity index (χ2v) is 4.76.